The van der Waals surface area contributed by atoms with E-state index in [-0.39, 0.29) is 35.8 Å². The number of amides is 3. The summed E-state index contributed by atoms with van der Waals surface area (Å²) in [4.78, 5) is 37.8. The van der Waals surface area contributed by atoms with Crippen molar-refractivity contribution >= 4 is 17.7 Å². The molecule has 27 heavy (non-hydrogen) atoms. The van der Waals surface area contributed by atoms with Crippen molar-refractivity contribution in [2.24, 2.45) is 11.8 Å². The molecule has 1 N–H and O–H groups in total. The van der Waals surface area contributed by atoms with Crippen LogP contribution in [0.4, 0.5) is 13.2 Å². The topological polar surface area (TPSA) is 75.7 Å². The summed E-state index contributed by atoms with van der Waals surface area (Å²) >= 11 is 0. The number of halogens is 3. The number of ether oxygens (including phenoxy) is 1. The number of nitrogens with zero attached hydrogens (tertiary/aromatic N) is 1. The van der Waals surface area contributed by atoms with Crippen LogP contribution in [0.1, 0.15) is 31.2 Å². The van der Waals surface area contributed by atoms with Crippen LogP contribution in [0.3, 0.4) is 0 Å². The zero-order valence-electron chi connectivity index (χ0n) is 14.4. The smallest absolute Gasteiger partial charge is 0.405 e. The number of alkyl halides is 3. The lowest BCUT2D eigenvalue weighted by Gasteiger charge is -2.19. The van der Waals surface area contributed by atoms with Crippen molar-refractivity contribution in [3.63, 3.8) is 0 Å². The van der Waals surface area contributed by atoms with Gasteiger partial charge in [-0.1, -0.05) is 31.0 Å². The first kappa shape index (κ1) is 19.2. The molecule has 1 saturated carbocycles. The van der Waals surface area contributed by atoms with Gasteiger partial charge in [-0.2, -0.15) is 0 Å². The average molecular weight is 384 g/mol. The van der Waals surface area contributed by atoms with E-state index >= 15 is 0 Å². The molecule has 2 aliphatic rings. The average Bonchev–Trinajstić information content (AvgIpc) is 2.85. The zero-order chi connectivity index (χ0) is 19.6. The van der Waals surface area contributed by atoms with Gasteiger partial charge in [0.25, 0.3) is 0 Å². The largest absolute Gasteiger partial charge is 0.573 e. The normalized spacial score (nSPS) is 22.6. The summed E-state index contributed by atoms with van der Waals surface area (Å²) in [5.74, 6) is -2.39. The van der Waals surface area contributed by atoms with Crippen LogP contribution in [0.15, 0.2) is 24.3 Å². The van der Waals surface area contributed by atoms with Gasteiger partial charge in [0.15, 0.2) is 0 Å². The molecule has 2 unspecified atom stereocenters. The van der Waals surface area contributed by atoms with Crippen molar-refractivity contribution in [1.82, 2.24) is 10.2 Å². The maximum Gasteiger partial charge on any atom is 0.573 e. The van der Waals surface area contributed by atoms with Crippen LogP contribution in [0.2, 0.25) is 0 Å². The maximum absolute atomic E-state index is 12.4. The Morgan fingerprint density at radius 2 is 1.70 bits per heavy atom. The van der Waals surface area contributed by atoms with Crippen LogP contribution in [0.25, 0.3) is 0 Å². The Morgan fingerprint density at radius 3 is 2.30 bits per heavy atom. The van der Waals surface area contributed by atoms with Gasteiger partial charge in [0.1, 0.15) is 12.3 Å². The number of benzene rings is 1. The fourth-order valence-electron chi connectivity index (χ4n) is 3.65. The lowest BCUT2D eigenvalue weighted by Crippen LogP contribution is -2.40. The highest BCUT2D eigenvalue weighted by atomic mass is 19.4. The standard InChI is InChI=1S/C18H19F3N2O4/c19-18(20,21)27-14-8-4-1-5-11(14)9-22-15(24)10-23-16(25)12-6-2-3-7-13(12)17(23)26/h1,4-5,8,12-13H,2-3,6-7,9-10H2,(H,22,24). The third kappa shape index (κ3) is 4.40. The van der Waals surface area contributed by atoms with Crippen molar-refractivity contribution in [2.75, 3.05) is 6.54 Å². The van der Waals surface area contributed by atoms with Gasteiger partial charge in [-0.25, -0.2) is 0 Å². The van der Waals surface area contributed by atoms with Crippen LogP contribution in [-0.2, 0) is 20.9 Å². The number of fused-ring (bicyclic) bond motifs is 1. The second-order valence-corrected chi connectivity index (χ2v) is 6.69. The first-order valence-electron chi connectivity index (χ1n) is 8.72. The quantitative estimate of drug-likeness (QED) is 0.791. The van der Waals surface area contributed by atoms with Crippen molar-refractivity contribution in [3.05, 3.63) is 29.8 Å². The Hall–Kier alpha value is -2.58. The summed E-state index contributed by atoms with van der Waals surface area (Å²) < 4.78 is 41.2. The predicted molar refractivity (Wildman–Crippen MR) is 87.1 cm³/mol. The van der Waals surface area contributed by atoms with E-state index in [9.17, 15) is 27.6 Å². The molecule has 9 heteroatoms. The Morgan fingerprint density at radius 1 is 1.11 bits per heavy atom. The summed E-state index contributed by atoms with van der Waals surface area (Å²) in [6, 6.07) is 5.44. The zero-order valence-corrected chi connectivity index (χ0v) is 14.4. The summed E-state index contributed by atoms with van der Waals surface area (Å²) in [5, 5.41) is 2.44. The van der Waals surface area contributed by atoms with Crippen molar-refractivity contribution < 1.29 is 32.3 Å². The van der Waals surface area contributed by atoms with Gasteiger partial charge in [-0.3, -0.25) is 19.3 Å². The fraction of sp³-hybridized carbons (Fsp3) is 0.500. The van der Waals surface area contributed by atoms with Gasteiger partial charge in [0.2, 0.25) is 17.7 Å². The number of hydrogen-bond acceptors (Lipinski definition) is 4. The van der Waals surface area contributed by atoms with Gasteiger partial charge in [0.05, 0.1) is 11.8 Å². The number of nitrogens with one attached hydrogen (secondary N) is 1. The summed E-state index contributed by atoms with van der Waals surface area (Å²) in [5.41, 5.74) is 0.135. The number of rotatable bonds is 5. The number of para-hydroxylation sites is 1. The van der Waals surface area contributed by atoms with E-state index in [0.29, 0.717) is 12.8 Å². The predicted octanol–water partition coefficient (Wildman–Crippen LogP) is 2.38. The molecule has 0 radical (unpaired) electrons. The molecule has 3 amide bonds. The summed E-state index contributed by atoms with van der Waals surface area (Å²) in [7, 11) is 0. The molecule has 1 aliphatic heterocycles. The summed E-state index contributed by atoms with van der Waals surface area (Å²) in [6.07, 6.45) is -1.78. The van der Waals surface area contributed by atoms with E-state index in [2.05, 4.69) is 10.1 Å². The van der Waals surface area contributed by atoms with E-state index in [4.69, 9.17) is 0 Å². The van der Waals surface area contributed by atoms with Crippen LogP contribution >= 0.6 is 0 Å². The molecule has 1 aliphatic carbocycles. The van der Waals surface area contributed by atoms with Crippen LogP contribution < -0.4 is 10.1 Å². The van der Waals surface area contributed by atoms with Crippen LogP contribution in [-0.4, -0.2) is 35.5 Å². The fourth-order valence-corrected chi connectivity index (χ4v) is 3.65. The van der Waals surface area contributed by atoms with E-state index in [1.165, 1.54) is 18.2 Å². The van der Waals surface area contributed by atoms with E-state index in [1.807, 2.05) is 0 Å². The van der Waals surface area contributed by atoms with Crippen molar-refractivity contribution in [2.45, 2.75) is 38.6 Å². The molecule has 2 atom stereocenters. The van der Waals surface area contributed by atoms with Gasteiger partial charge in [0, 0.05) is 12.1 Å². The molecule has 0 aromatic heterocycles. The SMILES string of the molecule is O=C(CN1C(=O)C2CCCCC2C1=O)NCc1ccccc1OC(F)(F)F. The van der Waals surface area contributed by atoms with Crippen molar-refractivity contribution in [3.8, 4) is 5.75 Å². The lowest BCUT2D eigenvalue weighted by atomic mass is 9.81. The monoisotopic (exact) mass is 384 g/mol. The molecule has 0 spiro atoms. The third-order valence-electron chi connectivity index (χ3n) is 4.91. The Kier molecular flexibility index (Phi) is 5.38. The van der Waals surface area contributed by atoms with Crippen LogP contribution in [0.5, 0.6) is 5.75 Å². The molecule has 0 bridgehead atoms. The molecule has 1 aromatic rings. The van der Waals surface area contributed by atoms with E-state index < -0.39 is 24.6 Å². The highest BCUT2D eigenvalue weighted by Crippen LogP contribution is 2.37. The van der Waals surface area contributed by atoms with Gasteiger partial charge in [-0.15, -0.1) is 13.2 Å². The van der Waals surface area contributed by atoms with Gasteiger partial charge < -0.3 is 10.1 Å². The van der Waals surface area contributed by atoms with E-state index in [0.717, 1.165) is 23.8 Å². The first-order chi connectivity index (χ1) is 12.8. The minimum Gasteiger partial charge on any atom is -0.405 e. The molecule has 3 rings (SSSR count). The molecule has 1 heterocycles. The molecule has 2 fully saturated rings. The minimum absolute atomic E-state index is 0.135. The van der Waals surface area contributed by atoms with Crippen LogP contribution in [0, 0.1) is 11.8 Å². The second-order valence-electron chi connectivity index (χ2n) is 6.69. The number of carbonyl (C=O) groups excluding carboxylic acids is 3. The Bertz CT molecular complexity index is 726. The molecule has 6 nitrogen and oxygen atoms in total. The highest BCUT2D eigenvalue weighted by molar-refractivity contribution is 6.07. The van der Waals surface area contributed by atoms with Gasteiger partial charge in [-0.05, 0) is 18.9 Å². The highest BCUT2D eigenvalue weighted by Gasteiger charge is 2.48. The molecule has 1 saturated heterocycles. The minimum atomic E-state index is -4.84. The second kappa shape index (κ2) is 7.58. The number of hydrogen-bond donors (Lipinski definition) is 1. The molecular weight excluding hydrogens is 365 g/mol. The Labute approximate surface area is 153 Å². The van der Waals surface area contributed by atoms with E-state index in [1.54, 1.807) is 0 Å². The first-order valence-corrected chi connectivity index (χ1v) is 8.72. The van der Waals surface area contributed by atoms with Gasteiger partial charge >= 0.3 is 6.36 Å². The lowest BCUT2D eigenvalue weighted by molar-refractivity contribution is -0.274. The van der Waals surface area contributed by atoms with Crippen molar-refractivity contribution in [1.29, 1.82) is 0 Å². The molecule has 1 aromatic carbocycles. The number of likely N-dealkylation sites (tertiary alicyclic amines) is 1. The number of imide groups is 1. The third-order valence-corrected chi connectivity index (χ3v) is 4.91. The summed E-state index contributed by atoms with van der Waals surface area (Å²) in [6.45, 7) is -0.638. The number of carbonyl (C=O) groups is 3. The molecular formula is C18H19F3N2O4. The maximum atomic E-state index is 12.4. The Balaban J connectivity index is 1.59. The molecule has 146 valence electrons.